The maximum Gasteiger partial charge on any atom is 0.0472 e. The summed E-state index contributed by atoms with van der Waals surface area (Å²) in [5, 5.41) is 7.31. The fraction of sp³-hybridized carbons (Fsp3) is 0.667. The van der Waals surface area contributed by atoms with Crippen molar-refractivity contribution in [2.24, 2.45) is 0 Å². The Morgan fingerprint density at radius 2 is 1.95 bits per heavy atom. The Hall–Kier alpha value is -0.900. The first kappa shape index (κ1) is 16.5. The molecule has 0 bridgehead atoms. The molecule has 2 rings (SSSR count). The summed E-state index contributed by atoms with van der Waals surface area (Å²) in [5.41, 5.74) is 1.42. The molecule has 1 aliphatic rings. The molecule has 2 N–H and O–H groups in total. The van der Waals surface area contributed by atoms with Crippen molar-refractivity contribution in [1.29, 1.82) is 0 Å². The zero-order chi connectivity index (χ0) is 14.9. The van der Waals surface area contributed by atoms with Crippen molar-refractivity contribution in [3.63, 3.8) is 0 Å². The van der Waals surface area contributed by atoms with E-state index in [-0.39, 0.29) is 0 Å². The average Bonchev–Trinajstić information content (AvgIpc) is 2.56. The number of piperidine rings is 1. The summed E-state index contributed by atoms with van der Waals surface area (Å²) in [7, 11) is 0. The maximum absolute atomic E-state index is 3.70. The highest BCUT2D eigenvalue weighted by Gasteiger charge is 2.18. The first-order chi connectivity index (χ1) is 10.3. The van der Waals surface area contributed by atoms with Crippen molar-refractivity contribution in [2.75, 3.05) is 32.7 Å². The summed E-state index contributed by atoms with van der Waals surface area (Å²) >= 11 is 0. The second-order valence-electron chi connectivity index (χ2n) is 5.95. The van der Waals surface area contributed by atoms with Gasteiger partial charge in [-0.1, -0.05) is 50.6 Å². The summed E-state index contributed by atoms with van der Waals surface area (Å²) < 4.78 is 0. The molecule has 0 radical (unpaired) electrons. The summed E-state index contributed by atoms with van der Waals surface area (Å²) in [6.45, 7) is 10.0. The Balaban J connectivity index is 1.89. The number of hydrogen-bond donors (Lipinski definition) is 2. The van der Waals surface area contributed by atoms with Gasteiger partial charge in [-0.15, -0.1) is 0 Å². The van der Waals surface area contributed by atoms with Gasteiger partial charge in [0.15, 0.2) is 0 Å². The van der Waals surface area contributed by atoms with Crippen LogP contribution in [0.2, 0.25) is 0 Å². The van der Waals surface area contributed by atoms with Crippen molar-refractivity contribution >= 4 is 0 Å². The molecule has 0 saturated carbocycles. The average molecular weight is 289 g/mol. The van der Waals surface area contributed by atoms with Crippen LogP contribution in [0.15, 0.2) is 30.3 Å². The summed E-state index contributed by atoms with van der Waals surface area (Å²) in [4.78, 5) is 2.54. The molecule has 1 aromatic rings. The molecule has 0 aliphatic carbocycles. The molecule has 0 aromatic heterocycles. The van der Waals surface area contributed by atoms with Gasteiger partial charge in [-0.25, -0.2) is 0 Å². The van der Waals surface area contributed by atoms with E-state index in [9.17, 15) is 0 Å². The van der Waals surface area contributed by atoms with Crippen LogP contribution in [0.5, 0.6) is 0 Å². The third kappa shape index (κ3) is 5.10. The van der Waals surface area contributed by atoms with E-state index in [0.29, 0.717) is 12.1 Å². The molecule has 118 valence electrons. The highest BCUT2D eigenvalue weighted by atomic mass is 15.2. The monoisotopic (exact) mass is 289 g/mol. The van der Waals surface area contributed by atoms with E-state index in [1.807, 2.05) is 0 Å². The Morgan fingerprint density at radius 3 is 2.57 bits per heavy atom. The molecule has 3 heteroatoms. The normalized spacial score (nSPS) is 20.6. The van der Waals surface area contributed by atoms with Gasteiger partial charge in [0.2, 0.25) is 0 Å². The lowest BCUT2D eigenvalue weighted by atomic mass is 10.0. The molecule has 1 fully saturated rings. The molecule has 2 unspecified atom stereocenters. The predicted molar refractivity (Wildman–Crippen MR) is 90.6 cm³/mol. The highest BCUT2D eigenvalue weighted by Crippen LogP contribution is 2.19. The molecule has 3 nitrogen and oxygen atoms in total. The largest absolute Gasteiger partial charge is 0.313 e. The number of benzene rings is 1. The van der Waals surface area contributed by atoms with Gasteiger partial charge in [0, 0.05) is 25.2 Å². The van der Waals surface area contributed by atoms with Gasteiger partial charge in [-0.3, -0.25) is 4.90 Å². The van der Waals surface area contributed by atoms with Crippen LogP contribution < -0.4 is 10.6 Å². The van der Waals surface area contributed by atoms with Gasteiger partial charge in [0.25, 0.3) is 0 Å². The zero-order valence-electron chi connectivity index (χ0n) is 13.6. The molecular formula is C18H31N3. The Bertz CT molecular complexity index is 369. The molecule has 0 amide bonds. The molecular weight excluding hydrogens is 258 g/mol. The first-order valence-corrected chi connectivity index (χ1v) is 8.58. The van der Waals surface area contributed by atoms with Gasteiger partial charge in [0.1, 0.15) is 0 Å². The van der Waals surface area contributed by atoms with Crippen molar-refractivity contribution in [2.45, 2.75) is 45.2 Å². The third-order valence-electron chi connectivity index (χ3n) is 4.58. The van der Waals surface area contributed by atoms with Gasteiger partial charge >= 0.3 is 0 Å². The van der Waals surface area contributed by atoms with Crippen LogP contribution in [-0.2, 0) is 0 Å². The highest BCUT2D eigenvalue weighted by molar-refractivity contribution is 5.19. The van der Waals surface area contributed by atoms with Crippen molar-refractivity contribution in [3.8, 4) is 0 Å². The maximum atomic E-state index is 3.70. The van der Waals surface area contributed by atoms with Crippen LogP contribution in [-0.4, -0.2) is 43.7 Å². The summed E-state index contributed by atoms with van der Waals surface area (Å²) in [6.07, 6.45) is 4.02. The Kier molecular flexibility index (Phi) is 7.20. The van der Waals surface area contributed by atoms with Crippen LogP contribution in [0.1, 0.15) is 44.7 Å². The number of hydrogen-bond acceptors (Lipinski definition) is 3. The minimum absolute atomic E-state index is 0.477. The predicted octanol–water partition coefficient (Wildman–Crippen LogP) is 2.80. The van der Waals surface area contributed by atoms with Gasteiger partial charge in [-0.2, -0.15) is 0 Å². The molecule has 21 heavy (non-hydrogen) atoms. The third-order valence-corrected chi connectivity index (χ3v) is 4.58. The van der Waals surface area contributed by atoms with Gasteiger partial charge in [0.05, 0.1) is 0 Å². The van der Waals surface area contributed by atoms with Crippen molar-refractivity contribution < 1.29 is 0 Å². The molecule has 1 aromatic carbocycles. The van der Waals surface area contributed by atoms with Crippen molar-refractivity contribution in [1.82, 2.24) is 15.5 Å². The van der Waals surface area contributed by atoms with E-state index < -0.39 is 0 Å². The zero-order valence-corrected chi connectivity index (χ0v) is 13.6. The second-order valence-corrected chi connectivity index (χ2v) is 5.95. The van der Waals surface area contributed by atoms with E-state index in [4.69, 9.17) is 0 Å². The Labute approximate surface area is 130 Å². The minimum Gasteiger partial charge on any atom is -0.313 e. The summed E-state index contributed by atoms with van der Waals surface area (Å²) in [5.74, 6) is 0. The van der Waals surface area contributed by atoms with Crippen LogP contribution >= 0.6 is 0 Å². The van der Waals surface area contributed by atoms with E-state index in [0.717, 1.165) is 26.2 Å². The lowest BCUT2D eigenvalue weighted by molar-refractivity contribution is 0.210. The number of nitrogens with zero attached hydrogens (tertiary/aromatic N) is 1. The number of rotatable bonds is 8. The summed E-state index contributed by atoms with van der Waals surface area (Å²) in [6, 6.07) is 12.0. The molecule has 2 atom stereocenters. The second kappa shape index (κ2) is 9.19. The SMILES string of the molecule is CCN(CC)C(CNCC1CCCCN1)c1ccccc1. The standard InChI is InChI=1S/C18H31N3/c1-3-21(4-2)18(16-10-6-5-7-11-16)15-19-14-17-12-8-9-13-20-17/h5-7,10-11,17-20H,3-4,8-9,12-15H2,1-2H3. The fourth-order valence-corrected chi connectivity index (χ4v) is 3.29. The molecule has 1 heterocycles. The molecule has 1 aliphatic heterocycles. The quantitative estimate of drug-likeness (QED) is 0.770. The smallest absolute Gasteiger partial charge is 0.0472 e. The fourth-order valence-electron chi connectivity index (χ4n) is 3.29. The van der Waals surface area contributed by atoms with Crippen LogP contribution in [0.4, 0.5) is 0 Å². The molecule has 1 saturated heterocycles. The van der Waals surface area contributed by atoms with Crippen molar-refractivity contribution in [3.05, 3.63) is 35.9 Å². The molecule has 0 spiro atoms. The number of nitrogens with one attached hydrogen (secondary N) is 2. The van der Waals surface area contributed by atoms with Crippen LogP contribution in [0, 0.1) is 0 Å². The Morgan fingerprint density at radius 1 is 1.19 bits per heavy atom. The van der Waals surface area contributed by atoms with Crippen LogP contribution in [0.3, 0.4) is 0 Å². The topological polar surface area (TPSA) is 27.3 Å². The number of likely N-dealkylation sites (N-methyl/N-ethyl adjacent to an activating group) is 1. The lowest BCUT2D eigenvalue weighted by Gasteiger charge is -2.31. The first-order valence-electron chi connectivity index (χ1n) is 8.58. The van der Waals surface area contributed by atoms with Gasteiger partial charge in [-0.05, 0) is 38.0 Å². The van der Waals surface area contributed by atoms with Crippen LogP contribution in [0.25, 0.3) is 0 Å². The van der Waals surface area contributed by atoms with E-state index in [2.05, 4.69) is 59.7 Å². The van der Waals surface area contributed by atoms with Gasteiger partial charge < -0.3 is 10.6 Å². The minimum atomic E-state index is 0.477. The van der Waals surface area contributed by atoms with E-state index in [1.165, 1.54) is 31.4 Å². The van der Waals surface area contributed by atoms with E-state index >= 15 is 0 Å². The van der Waals surface area contributed by atoms with E-state index in [1.54, 1.807) is 0 Å². The lowest BCUT2D eigenvalue weighted by Crippen LogP contribution is -2.44.